The maximum atomic E-state index is 10.6. The number of carbonyl (C=O) groups is 2. The summed E-state index contributed by atoms with van der Waals surface area (Å²) in [5, 5.41) is 0. The molecule has 0 rings (SSSR count). The molecule has 0 bridgehead atoms. The number of carbonyl (C=O) groups excluding carboxylic acids is 2. The molecule has 0 radical (unpaired) electrons. The van der Waals surface area contributed by atoms with Crippen LogP contribution in [0.2, 0.25) is 0 Å². The van der Waals surface area contributed by atoms with E-state index in [1.807, 2.05) is 0 Å². The van der Waals surface area contributed by atoms with Crippen molar-refractivity contribution in [1.29, 1.82) is 0 Å². The topological polar surface area (TPSA) is 34.1 Å². The molecule has 0 fully saturated rings. The van der Waals surface area contributed by atoms with Gasteiger partial charge in [0.25, 0.3) is 0 Å². The van der Waals surface area contributed by atoms with Crippen LogP contribution in [0.15, 0.2) is 12.2 Å². The van der Waals surface area contributed by atoms with Crippen LogP contribution in [0.4, 0.5) is 0 Å². The van der Waals surface area contributed by atoms with Crippen LogP contribution in [0.3, 0.4) is 0 Å². The van der Waals surface area contributed by atoms with Gasteiger partial charge in [-0.05, 0) is 0 Å². The summed E-state index contributed by atoms with van der Waals surface area (Å²) in [6.45, 7) is 3.23. The molecule has 0 spiro atoms. The maximum Gasteiger partial charge on any atom is 0.180 e. The minimum atomic E-state index is -0.465. The van der Waals surface area contributed by atoms with Crippen molar-refractivity contribution in [3.05, 3.63) is 12.2 Å². The molecule has 0 aliphatic carbocycles. The van der Waals surface area contributed by atoms with Crippen LogP contribution < -0.4 is 0 Å². The number of ketones is 2. The molecule has 4 heteroatoms. The van der Waals surface area contributed by atoms with Gasteiger partial charge in [-0.1, -0.05) is 6.58 Å². The van der Waals surface area contributed by atoms with Crippen molar-refractivity contribution in [2.24, 2.45) is 0 Å². The van der Waals surface area contributed by atoms with Crippen LogP contribution in [-0.2, 0) is 9.59 Å². The number of hydrogen-bond acceptors (Lipinski definition) is 2. The van der Waals surface area contributed by atoms with Crippen LogP contribution in [-0.4, -0.2) is 23.3 Å². The third kappa shape index (κ3) is 2.50. The highest BCUT2D eigenvalue weighted by molar-refractivity contribution is 6.39. The second-order valence-electron chi connectivity index (χ2n) is 1.59. The fourth-order valence-corrected chi connectivity index (χ4v) is 0.639. The van der Waals surface area contributed by atoms with E-state index in [1.54, 1.807) is 0 Å². The first-order valence-electron chi connectivity index (χ1n) is 2.50. The number of hydrogen-bond donors (Lipinski definition) is 0. The summed E-state index contributed by atoms with van der Waals surface area (Å²) in [6, 6.07) is 0. The fraction of sp³-hybridized carbons (Fsp3) is 0.333. The first-order valence-corrected chi connectivity index (χ1v) is 3.57. The average molecular weight is 181 g/mol. The van der Waals surface area contributed by atoms with E-state index in [1.165, 1.54) is 0 Å². The molecule has 0 saturated carbocycles. The predicted octanol–water partition coefficient (Wildman–Crippen LogP) is 1.16. The Hall–Kier alpha value is -0.340. The summed E-state index contributed by atoms with van der Waals surface area (Å²) in [4.78, 5) is 21.2. The van der Waals surface area contributed by atoms with Gasteiger partial charge in [0.2, 0.25) is 0 Å². The summed E-state index contributed by atoms with van der Waals surface area (Å²) in [5.74, 6) is -1.37. The molecule has 0 N–H and O–H groups in total. The summed E-state index contributed by atoms with van der Waals surface area (Å²) in [5.41, 5.74) is -0.120. The van der Waals surface area contributed by atoms with E-state index in [9.17, 15) is 9.59 Å². The Morgan fingerprint density at radius 1 is 1.10 bits per heavy atom. The lowest BCUT2D eigenvalue weighted by Gasteiger charge is -1.95. The van der Waals surface area contributed by atoms with Crippen LogP contribution in [0.25, 0.3) is 0 Å². The number of halogens is 2. The first-order chi connectivity index (χ1) is 4.63. The molecular weight excluding hydrogens is 175 g/mol. The molecule has 0 unspecified atom stereocenters. The Labute approximate surface area is 68.8 Å². The Morgan fingerprint density at radius 3 is 1.60 bits per heavy atom. The molecule has 0 amide bonds. The lowest BCUT2D eigenvalue weighted by molar-refractivity contribution is -0.118. The van der Waals surface area contributed by atoms with Gasteiger partial charge in [-0.25, -0.2) is 0 Å². The minimum absolute atomic E-state index is 0.120. The highest BCUT2D eigenvalue weighted by atomic mass is 35.5. The molecule has 0 aliphatic heterocycles. The van der Waals surface area contributed by atoms with Crippen LogP contribution in [0, 0.1) is 0 Å². The SMILES string of the molecule is C=C(C(=O)CCl)C(=O)CCl. The van der Waals surface area contributed by atoms with Gasteiger partial charge in [-0.2, -0.15) is 0 Å². The van der Waals surface area contributed by atoms with Gasteiger partial charge in [-0.3, -0.25) is 9.59 Å². The molecule has 56 valence electrons. The van der Waals surface area contributed by atoms with Gasteiger partial charge in [0, 0.05) is 0 Å². The van der Waals surface area contributed by atoms with E-state index in [0.717, 1.165) is 0 Å². The van der Waals surface area contributed by atoms with Gasteiger partial charge >= 0.3 is 0 Å². The largest absolute Gasteiger partial charge is 0.293 e. The minimum Gasteiger partial charge on any atom is -0.293 e. The Morgan fingerprint density at radius 2 is 1.40 bits per heavy atom. The van der Waals surface area contributed by atoms with Crippen molar-refractivity contribution in [1.82, 2.24) is 0 Å². The summed E-state index contributed by atoms with van der Waals surface area (Å²) in [6.07, 6.45) is 0. The van der Waals surface area contributed by atoms with Gasteiger partial charge in [0.15, 0.2) is 11.6 Å². The molecule has 0 atom stereocenters. The number of allylic oxidation sites excluding steroid dienone is 1. The number of rotatable bonds is 4. The molecule has 10 heavy (non-hydrogen) atoms. The van der Waals surface area contributed by atoms with Crippen molar-refractivity contribution in [2.45, 2.75) is 0 Å². The van der Waals surface area contributed by atoms with Gasteiger partial charge in [0.1, 0.15) is 0 Å². The van der Waals surface area contributed by atoms with Gasteiger partial charge in [0.05, 0.1) is 17.3 Å². The van der Waals surface area contributed by atoms with E-state index in [4.69, 9.17) is 23.2 Å². The van der Waals surface area contributed by atoms with Crippen molar-refractivity contribution in [2.75, 3.05) is 11.8 Å². The van der Waals surface area contributed by atoms with E-state index < -0.39 is 11.6 Å². The lowest BCUT2D eigenvalue weighted by atomic mass is 10.1. The molecule has 0 aliphatic rings. The summed E-state index contributed by atoms with van der Waals surface area (Å²) < 4.78 is 0. The second-order valence-corrected chi connectivity index (χ2v) is 2.13. The molecule has 0 aromatic carbocycles. The van der Waals surface area contributed by atoms with Gasteiger partial charge < -0.3 is 0 Å². The van der Waals surface area contributed by atoms with Crippen LogP contribution in [0.1, 0.15) is 0 Å². The van der Waals surface area contributed by atoms with E-state index >= 15 is 0 Å². The quantitative estimate of drug-likeness (QED) is 0.282. The van der Waals surface area contributed by atoms with Gasteiger partial charge in [-0.15, -0.1) is 23.2 Å². The molecule has 2 nitrogen and oxygen atoms in total. The number of Topliss-reactive ketones (excluding diaryl/α,β-unsaturated/α-hetero) is 2. The lowest BCUT2D eigenvalue weighted by Crippen LogP contribution is -2.13. The molecule has 0 aromatic heterocycles. The van der Waals surface area contributed by atoms with Crippen LogP contribution >= 0.6 is 23.2 Å². The number of alkyl halides is 2. The Kier molecular flexibility index (Phi) is 4.32. The highest BCUT2D eigenvalue weighted by Gasteiger charge is 2.12. The van der Waals surface area contributed by atoms with Crippen molar-refractivity contribution in [3.8, 4) is 0 Å². The van der Waals surface area contributed by atoms with E-state index in [-0.39, 0.29) is 17.3 Å². The molecule has 0 aromatic rings. The molecule has 0 heterocycles. The smallest absolute Gasteiger partial charge is 0.180 e. The van der Waals surface area contributed by atoms with E-state index in [2.05, 4.69) is 6.58 Å². The van der Waals surface area contributed by atoms with Crippen molar-refractivity contribution in [3.63, 3.8) is 0 Å². The Bertz CT molecular complexity index is 157. The van der Waals surface area contributed by atoms with E-state index in [0.29, 0.717) is 0 Å². The first kappa shape index (κ1) is 9.66. The normalized spacial score (nSPS) is 9.00. The zero-order valence-corrected chi connectivity index (χ0v) is 6.71. The second kappa shape index (κ2) is 4.47. The summed E-state index contributed by atoms with van der Waals surface area (Å²) in [7, 11) is 0. The zero-order chi connectivity index (χ0) is 8.15. The maximum absolute atomic E-state index is 10.6. The fourth-order valence-electron chi connectivity index (χ4n) is 0.317. The summed E-state index contributed by atoms with van der Waals surface area (Å²) >= 11 is 10.3. The Balaban J connectivity index is 4.09. The standard InChI is InChI=1S/C6H6Cl2O2/c1-4(5(9)2-7)6(10)3-8/h1-3H2. The molecule has 0 saturated heterocycles. The highest BCUT2D eigenvalue weighted by Crippen LogP contribution is 1.98. The molecular formula is C6H6Cl2O2. The average Bonchev–Trinajstić information content (AvgIpc) is 2.00. The third-order valence-electron chi connectivity index (χ3n) is 0.916. The monoisotopic (exact) mass is 180 g/mol. The third-order valence-corrected chi connectivity index (χ3v) is 1.40. The van der Waals surface area contributed by atoms with Crippen molar-refractivity contribution >= 4 is 34.8 Å². The predicted molar refractivity (Wildman–Crippen MR) is 40.6 cm³/mol. The van der Waals surface area contributed by atoms with Crippen LogP contribution in [0.5, 0.6) is 0 Å². The zero-order valence-electron chi connectivity index (χ0n) is 5.19. The van der Waals surface area contributed by atoms with Crippen molar-refractivity contribution < 1.29 is 9.59 Å².